The predicted octanol–water partition coefficient (Wildman–Crippen LogP) is 3.21. The number of nitrogens with one attached hydrogen (secondary N) is 2. The van der Waals surface area contributed by atoms with Gasteiger partial charge in [0.05, 0.1) is 36.5 Å². The van der Waals surface area contributed by atoms with Crippen molar-refractivity contribution in [3.8, 4) is 11.3 Å². The van der Waals surface area contributed by atoms with Gasteiger partial charge in [0.25, 0.3) is 5.91 Å². The Hall–Kier alpha value is -3.23. The van der Waals surface area contributed by atoms with Crippen LogP contribution in [0.4, 0.5) is 10.8 Å². The Kier molecular flexibility index (Phi) is 6.68. The van der Waals surface area contributed by atoms with E-state index in [-0.39, 0.29) is 12.5 Å². The topological polar surface area (TPSA) is 78.9 Å². The first-order valence-corrected chi connectivity index (χ1v) is 10.6. The van der Waals surface area contributed by atoms with Crippen molar-refractivity contribution < 1.29 is 9.53 Å². The standard InChI is InChI=1S/C22H23N5O2S/c28-20(16-23-18-9-5-2-6-10-18)26-24-15-19-21(17-7-3-1-4-8-17)25-22(30-19)27-11-13-29-14-12-27/h1-10,15,23H,11-14,16H2,(H,26,28)/b24-15+. The smallest absolute Gasteiger partial charge is 0.259 e. The highest BCUT2D eigenvalue weighted by Gasteiger charge is 2.18. The van der Waals surface area contributed by atoms with E-state index < -0.39 is 0 Å². The van der Waals surface area contributed by atoms with Crippen LogP contribution in [0.3, 0.4) is 0 Å². The summed E-state index contributed by atoms with van der Waals surface area (Å²) < 4.78 is 5.44. The van der Waals surface area contributed by atoms with Gasteiger partial charge in [0, 0.05) is 24.3 Å². The number of carbonyl (C=O) groups excluding carboxylic acids is 1. The van der Waals surface area contributed by atoms with E-state index in [9.17, 15) is 4.79 Å². The van der Waals surface area contributed by atoms with Crippen LogP contribution in [0, 0.1) is 0 Å². The summed E-state index contributed by atoms with van der Waals surface area (Å²) in [6.07, 6.45) is 1.67. The van der Waals surface area contributed by atoms with Gasteiger partial charge in [-0.1, -0.05) is 59.9 Å². The van der Waals surface area contributed by atoms with Gasteiger partial charge in [0.15, 0.2) is 5.13 Å². The molecule has 1 fully saturated rings. The van der Waals surface area contributed by atoms with Crippen molar-refractivity contribution in [1.82, 2.24) is 10.4 Å². The molecule has 1 saturated heterocycles. The Morgan fingerprint density at radius 1 is 1.10 bits per heavy atom. The van der Waals surface area contributed by atoms with Crippen LogP contribution in [-0.4, -0.2) is 50.0 Å². The summed E-state index contributed by atoms with van der Waals surface area (Å²) >= 11 is 1.57. The molecule has 30 heavy (non-hydrogen) atoms. The highest BCUT2D eigenvalue weighted by atomic mass is 32.1. The summed E-state index contributed by atoms with van der Waals surface area (Å²) in [5.41, 5.74) is 5.36. The number of amides is 1. The molecule has 0 aliphatic carbocycles. The van der Waals surface area contributed by atoms with Crippen LogP contribution in [-0.2, 0) is 9.53 Å². The van der Waals surface area contributed by atoms with Crippen molar-refractivity contribution in [3.63, 3.8) is 0 Å². The molecule has 0 atom stereocenters. The maximum Gasteiger partial charge on any atom is 0.259 e. The average molecular weight is 422 g/mol. The van der Waals surface area contributed by atoms with Gasteiger partial charge in [0.2, 0.25) is 0 Å². The number of hydrogen-bond donors (Lipinski definition) is 2. The van der Waals surface area contributed by atoms with Gasteiger partial charge >= 0.3 is 0 Å². The summed E-state index contributed by atoms with van der Waals surface area (Å²) in [5, 5.41) is 8.16. The molecule has 154 valence electrons. The summed E-state index contributed by atoms with van der Waals surface area (Å²) in [6.45, 7) is 3.19. The number of anilines is 2. The molecular formula is C22H23N5O2S. The Morgan fingerprint density at radius 2 is 1.80 bits per heavy atom. The fourth-order valence-corrected chi connectivity index (χ4v) is 4.05. The van der Waals surface area contributed by atoms with Crippen LogP contribution in [0.1, 0.15) is 4.88 Å². The highest BCUT2D eigenvalue weighted by Crippen LogP contribution is 2.32. The van der Waals surface area contributed by atoms with E-state index in [1.165, 1.54) is 0 Å². The van der Waals surface area contributed by atoms with Crippen molar-refractivity contribution >= 4 is 34.3 Å². The molecule has 3 aromatic rings. The van der Waals surface area contributed by atoms with Gasteiger partial charge in [-0.25, -0.2) is 10.4 Å². The number of morpholine rings is 1. The zero-order valence-corrected chi connectivity index (χ0v) is 17.3. The van der Waals surface area contributed by atoms with E-state index in [1.54, 1.807) is 17.6 Å². The molecule has 1 aliphatic rings. The molecule has 2 heterocycles. The fraction of sp³-hybridized carbons (Fsp3) is 0.227. The van der Waals surface area contributed by atoms with Gasteiger partial charge in [-0.05, 0) is 12.1 Å². The van der Waals surface area contributed by atoms with Crippen LogP contribution < -0.4 is 15.6 Å². The Labute approximate surface area is 179 Å². The summed E-state index contributed by atoms with van der Waals surface area (Å²) in [7, 11) is 0. The van der Waals surface area contributed by atoms with Crippen LogP contribution in [0.25, 0.3) is 11.3 Å². The first-order valence-electron chi connectivity index (χ1n) is 9.79. The number of carbonyl (C=O) groups is 1. The summed E-state index contributed by atoms with van der Waals surface area (Å²) in [4.78, 5) is 20.1. The van der Waals surface area contributed by atoms with Crippen LogP contribution in [0.2, 0.25) is 0 Å². The monoisotopic (exact) mass is 421 g/mol. The molecule has 0 spiro atoms. The van der Waals surface area contributed by atoms with E-state index in [0.29, 0.717) is 13.2 Å². The molecule has 1 amide bonds. The summed E-state index contributed by atoms with van der Waals surface area (Å²) in [6, 6.07) is 19.6. The molecule has 8 heteroatoms. The van der Waals surface area contributed by atoms with E-state index in [0.717, 1.165) is 40.0 Å². The first kappa shape index (κ1) is 20.1. The second-order valence-corrected chi connectivity index (χ2v) is 7.70. The number of hydrogen-bond acceptors (Lipinski definition) is 7. The third-order valence-corrected chi connectivity index (χ3v) is 5.62. The van der Waals surface area contributed by atoms with Gasteiger partial charge in [-0.15, -0.1) is 0 Å². The van der Waals surface area contributed by atoms with Crippen molar-refractivity contribution in [2.24, 2.45) is 5.10 Å². The second-order valence-electron chi connectivity index (χ2n) is 6.69. The van der Waals surface area contributed by atoms with Crippen LogP contribution in [0.5, 0.6) is 0 Å². The van der Waals surface area contributed by atoms with Gasteiger partial charge < -0.3 is 15.0 Å². The Balaban J connectivity index is 1.45. The minimum Gasteiger partial charge on any atom is -0.378 e. The highest BCUT2D eigenvalue weighted by molar-refractivity contribution is 7.17. The number of para-hydroxylation sites is 1. The van der Waals surface area contributed by atoms with E-state index in [2.05, 4.69) is 20.7 Å². The fourth-order valence-electron chi connectivity index (χ4n) is 3.04. The lowest BCUT2D eigenvalue weighted by Crippen LogP contribution is -2.36. The number of thiazole rings is 1. The number of aromatic nitrogens is 1. The molecular weight excluding hydrogens is 398 g/mol. The summed E-state index contributed by atoms with van der Waals surface area (Å²) in [5.74, 6) is -0.214. The quantitative estimate of drug-likeness (QED) is 0.452. The molecule has 2 aromatic carbocycles. The molecule has 1 aromatic heterocycles. The third-order valence-electron chi connectivity index (χ3n) is 4.57. The molecule has 4 rings (SSSR count). The third kappa shape index (κ3) is 5.22. The van der Waals surface area contributed by atoms with Crippen molar-refractivity contribution in [3.05, 3.63) is 65.5 Å². The Morgan fingerprint density at radius 3 is 2.53 bits per heavy atom. The zero-order chi connectivity index (χ0) is 20.6. The number of rotatable bonds is 7. The van der Waals surface area contributed by atoms with Crippen molar-refractivity contribution in [1.29, 1.82) is 0 Å². The maximum absolute atomic E-state index is 12.1. The lowest BCUT2D eigenvalue weighted by atomic mass is 10.1. The van der Waals surface area contributed by atoms with Crippen LogP contribution >= 0.6 is 11.3 Å². The molecule has 0 bridgehead atoms. The molecule has 1 aliphatic heterocycles. The Bertz CT molecular complexity index is 985. The molecule has 0 unspecified atom stereocenters. The maximum atomic E-state index is 12.1. The molecule has 2 N–H and O–H groups in total. The predicted molar refractivity (Wildman–Crippen MR) is 121 cm³/mol. The lowest BCUT2D eigenvalue weighted by molar-refractivity contribution is -0.119. The van der Waals surface area contributed by atoms with Crippen molar-refractivity contribution in [2.45, 2.75) is 0 Å². The number of ether oxygens (including phenoxy) is 1. The SMILES string of the molecule is O=C(CNc1ccccc1)N/N=C/c1sc(N2CCOCC2)nc1-c1ccccc1. The van der Waals surface area contributed by atoms with E-state index in [1.807, 2.05) is 60.7 Å². The number of benzene rings is 2. The molecule has 7 nitrogen and oxygen atoms in total. The van der Waals surface area contributed by atoms with Gasteiger partial charge in [-0.3, -0.25) is 4.79 Å². The molecule has 0 saturated carbocycles. The van der Waals surface area contributed by atoms with Crippen molar-refractivity contribution in [2.75, 3.05) is 43.1 Å². The number of nitrogens with zero attached hydrogens (tertiary/aromatic N) is 3. The minimum absolute atomic E-state index is 0.147. The van der Waals surface area contributed by atoms with Gasteiger partial charge in [0.1, 0.15) is 0 Å². The van der Waals surface area contributed by atoms with Gasteiger partial charge in [-0.2, -0.15) is 5.10 Å². The van der Waals surface area contributed by atoms with E-state index in [4.69, 9.17) is 9.72 Å². The minimum atomic E-state index is -0.214. The number of hydrazone groups is 1. The van der Waals surface area contributed by atoms with Crippen LogP contribution in [0.15, 0.2) is 65.8 Å². The molecule has 0 radical (unpaired) electrons. The largest absolute Gasteiger partial charge is 0.378 e. The normalized spacial score (nSPS) is 14.1. The van der Waals surface area contributed by atoms with E-state index >= 15 is 0 Å². The zero-order valence-electron chi connectivity index (χ0n) is 16.5. The first-order chi connectivity index (χ1) is 14.8. The average Bonchev–Trinajstić information content (AvgIpc) is 3.24. The lowest BCUT2D eigenvalue weighted by Gasteiger charge is -2.26. The second kappa shape index (κ2) is 10.00.